The fourth-order valence-electron chi connectivity index (χ4n) is 1.56. The SMILES string of the molecule is O=c1sc2ccccc2n1C[C@@H]1CS1. The number of aromatic nitrogens is 1. The number of hydrogen-bond acceptors (Lipinski definition) is 3. The second kappa shape index (κ2) is 3.14. The molecule has 14 heavy (non-hydrogen) atoms. The van der Waals surface area contributed by atoms with E-state index in [1.807, 2.05) is 40.6 Å². The van der Waals surface area contributed by atoms with E-state index in [0.717, 1.165) is 16.8 Å². The first kappa shape index (κ1) is 8.56. The van der Waals surface area contributed by atoms with E-state index in [1.165, 1.54) is 17.1 Å². The molecule has 1 saturated heterocycles. The van der Waals surface area contributed by atoms with Gasteiger partial charge in [-0.1, -0.05) is 23.5 Å². The molecule has 3 rings (SSSR count). The highest BCUT2D eigenvalue weighted by molar-refractivity contribution is 8.06. The number of benzene rings is 1. The highest BCUT2D eigenvalue weighted by Crippen LogP contribution is 2.32. The van der Waals surface area contributed by atoms with Crippen LogP contribution >= 0.6 is 23.1 Å². The Morgan fingerprint density at radius 3 is 3.00 bits per heavy atom. The number of nitrogens with zero attached hydrogens (tertiary/aromatic N) is 1. The Bertz CT molecular complexity index is 524. The highest BCUT2D eigenvalue weighted by atomic mass is 32.2. The van der Waals surface area contributed by atoms with E-state index in [9.17, 15) is 4.79 Å². The van der Waals surface area contributed by atoms with Crippen molar-refractivity contribution >= 4 is 33.3 Å². The Hall–Kier alpha value is -0.740. The van der Waals surface area contributed by atoms with Crippen LogP contribution in [0.3, 0.4) is 0 Å². The largest absolute Gasteiger partial charge is 0.308 e. The highest BCUT2D eigenvalue weighted by Gasteiger charge is 2.24. The summed E-state index contributed by atoms with van der Waals surface area (Å²) in [6, 6.07) is 8.01. The standard InChI is InChI=1S/C10H9NOS2/c12-10-11(5-7-6-13-7)8-3-1-2-4-9(8)14-10/h1-4,7H,5-6H2/t7-/m1/s1. The summed E-state index contributed by atoms with van der Waals surface area (Å²) in [5.74, 6) is 1.20. The molecule has 1 aliphatic heterocycles. The Kier molecular flexibility index (Phi) is 1.92. The maximum atomic E-state index is 11.7. The molecule has 2 nitrogen and oxygen atoms in total. The molecule has 0 N–H and O–H groups in total. The van der Waals surface area contributed by atoms with Gasteiger partial charge in [-0.15, -0.1) is 0 Å². The lowest BCUT2D eigenvalue weighted by Gasteiger charge is -1.99. The van der Waals surface area contributed by atoms with Crippen molar-refractivity contribution in [3.8, 4) is 0 Å². The molecule has 1 aromatic carbocycles. The molecular weight excluding hydrogens is 214 g/mol. The topological polar surface area (TPSA) is 22.0 Å². The van der Waals surface area contributed by atoms with Crippen molar-refractivity contribution in [3.63, 3.8) is 0 Å². The van der Waals surface area contributed by atoms with Crippen LogP contribution in [0.4, 0.5) is 0 Å². The minimum absolute atomic E-state index is 0.179. The Morgan fingerprint density at radius 2 is 2.21 bits per heavy atom. The summed E-state index contributed by atoms with van der Waals surface area (Å²) in [7, 11) is 0. The molecule has 72 valence electrons. The summed E-state index contributed by atoms with van der Waals surface area (Å²) in [6.07, 6.45) is 0. The number of para-hydroxylation sites is 1. The van der Waals surface area contributed by atoms with Crippen molar-refractivity contribution in [3.05, 3.63) is 33.9 Å². The van der Waals surface area contributed by atoms with Crippen LogP contribution in [-0.4, -0.2) is 15.6 Å². The van der Waals surface area contributed by atoms with Crippen molar-refractivity contribution < 1.29 is 0 Å². The van der Waals surface area contributed by atoms with Crippen LogP contribution in [0.15, 0.2) is 29.1 Å². The first-order valence-corrected chi connectivity index (χ1v) is 6.41. The minimum atomic E-state index is 0.179. The summed E-state index contributed by atoms with van der Waals surface area (Å²) in [6.45, 7) is 0.882. The molecule has 0 amide bonds. The Labute approximate surface area is 89.6 Å². The van der Waals surface area contributed by atoms with Crippen molar-refractivity contribution in [2.24, 2.45) is 0 Å². The van der Waals surface area contributed by atoms with E-state index < -0.39 is 0 Å². The number of hydrogen-bond donors (Lipinski definition) is 0. The van der Waals surface area contributed by atoms with Gasteiger partial charge in [0, 0.05) is 17.5 Å². The lowest BCUT2D eigenvalue weighted by Crippen LogP contribution is -2.15. The van der Waals surface area contributed by atoms with Crippen LogP contribution < -0.4 is 4.87 Å². The fourth-order valence-corrected chi connectivity index (χ4v) is 2.96. The van der Waals surface area contributed by atoms with Gasteiger partial charge in [-0.25, -0.2) is 0 Å². The van der Waals surface area contributed by atoms with E-state index in [2.05, 4.69) is 0 Å². The molecule has 1 aliphatic rings. The zero-order valence-corrected chi connectivity index (χ0v) is 9.11. The maximum Gasteiger partial charge on any atom is 0.308 e. The first-order chi connectivity index (χ1) is 6.84. The van der Waals surface area contributed by atoms with Crippen LogP contribution in [0, 0.1) is 0 Å². The molecule has 1 aromatic heterocycles. The van der Waals surface area contributed by atoms with Gasteiger partial charge in [0.15, 0.2) is 0 Å². The smallest absolute Gasteiger partial charge is 0.298 e. The van der Waals surface area contributed by atoms with E-state index in [4.69, 9.17) is 0 Å². The maximum absolute atomic E-state index is 11.7. The van der Waals surface area contributed by atoms with E-state index in [-0.39, 0.29) is 4.87 Å². The normalized spacial score (nSPS) is 20.1. The van der Waals surface area contributed by atoms with E-state index >= 15 is 0 Å². The van der Waals surface area contributed by atoms with Gasteiger partial charge >= 0.3 is 4.87 Å². The van der Waals surface area contributed by atoms with Crippen molar-refractivity contribution in [2.45, 2.75) is 11.8 Å². The fraction of sp³-hybridized carbons (Fsp3) is 0.300. The van der Waals surface area contributed by atoms with Gasteiger partial charge in [-0.05, 0) is 12.1 Å². The molecule has 1 atom stereocenters. The number of rotatable bonds is 2. The number of thioether (sulfide) groups is 1. The monoisotopic (exact) mass is 223 g/mol. The summed E-state index contributed by atoms with van der Waals surface area (Å²) >= 11 is 3.28. The van der Waals surface area contributed by atoms with Gasteiger partial charge in [-0.3, -0.25) is 9.36 Å². The van der Waals surface area contributed by atoms with Gasteiger partial charge in [0.2, 0.25) is 0 Å². The van der Waals surface area contributed by atoms with Gasteiger partial charge in [0.25, 0.3) is 0 Å². The van der Waals surface area contributed by atoms with Crippen molar-refractivity contribution in [1.29, 1.82) is 0 Å². The third-order valence-corrected chi connectivity index (χ3v) is 4.28. The predicted octanol–water partition coefficient (Wildman–Crippen LogP) is 2.18. The summed E-state index contributed by atoms with van der Waals surface area (Å²) in [5, 5.41) is 0.672. The summed E-state index contributed by atoms with van der Waals surface area (Å²) < 4.78 is 3.01. The molecular formula is C10H9NOS2. The van der Waals surface area contributed by atoms with Gasteiger partial charge < -0.3 is 0 Å². The molecule has 0 radical (unpaired) electrons. The van der Waals surface area contributed by atoms with Crippen LogP contribution in [0.2, 0.25) is 0 Å². The minimum Gasteiger partial charge on any atom is -0.298 e. The van der Waals surface area contributed by atoms with Crippen LogP contribution in [-0.2, 0) is 6.54 Å². The van der Waals surface area contributed by atoms with Gasteiger partial charge in [0.1, 0.15) is 0 Å². The molecule has 2 aromatic rings. The van der Waals surface area contributed by atoms with Crippen LogP contribution in [0.1, 0.15) is 0 Å². The number of thiazole rings is 1. The molecule has 0 bridgehead atoms. The van der Waals surface area contributed by atoms with Gasteiger partial charge in [0.05, 0.1) is 10.2 Å². The quantitative estimate of drug-likeness (QED) is 0.728. The number of fused-ring (bicyclic) bond motifs is 1. The Balaban J connectivity index is 2.18. The average Bonchev–Trinajstić information content (AvgIpc) is 2.93. The molecule has 0 unspecified atom stereocenters. The first-order valence-electron chi connectivity index (χ1n) is 4.54. The lowest BCUT2D eigenvalue weighted by atomic mass is 10.3. The zero-order chi connectivity index (χ0) is 9.54. The third-order valence-electron chi connectivity index (χ3n) is 2.36. The molecule has 2 heterocycles. The molecule has 0 saturated carbocycles. The van der Waals surface area contributed by atoms with Gasteiger partial charge in [-0.2, -0.15) is 11.8 Å². The third kappa shape index (κ3) is 1.38. The molecule has 1 fully saturated rings. The lowest BCUT2D eigenvalue weighted by molar-refractivity contribution is 0.736. The van der Waals surface area contributed by atoms with E-state index in [0.29, 0.717) is 5.25 Å². The Morgan fingerprint density at radius 1 is 1.43 bits per heavy atom. The van der Waals surface area contributed by atoms with Crippen LogP contribution in [0.5, 0.6) is 0 Å². The zero-order valence-electron chi connectivity index (χ0n) is 7.47. The van der Waals surface area contributed by atoms with Crippen molar-refractivity contribution in [2.75, 3.05) is 5.75 Å². The summed E-state index contributed by atoms with van der Waals surface area (Å²) in [4.78, 5) is 11.9. The second-order valence-corrected chi connectivity index (χ2v) is 5.73. The average molecular weight is 223 g/mol. The predicted molar refractivity (Wildman–Crippen MR) is 62.3 cm³/mol. The molecule has 4 heteroatoms. The van der Waals surface area contributed by atoms with Crippen LogP contribution in [0.25, 0.3) is 10.2 Å². The second-order valence-electron chi connectivity index (χ2n) is 3.40. The van der Waals surface area contributed by atoms with Crippen molar-refractivity contribution in [1.82, 2.24) is 4.57 Å². The summed E-state index contributed by atoms with van der Waals surface area (Å²) in [5.41, 5.74) is 1.09. The van der Waals surface area contributed by atoms with E-state index in [1.54, 1.807) is 0 Å². The molecule has 0 aliphatic carbocycles. The molecule has 0 spiro atoms.